The first kappa shape index (κ1) is 8.14. The quantitative estimate of drug-likeness (QED) is 0.551. The first-order valence-electron chi connectivity index (χ1n) is 4.41. The minimum atomic E-state index is -2.43. The van der Waals surface area contributed by atoms with Gasteiger partial charge in [-0.2, -0.15) is 0 Å². The van der Waals surface area contributed by atoms with Crippen LogP contribution in [-0.2, 0) is 4.79 Å². The molecular formula is C9H12F2O. The van der Waals surface area contributed by atoms with Crippen molar-refractivity contribution in [2.45, 2.75) is 44.4 Å². The molecule has 0 bridgehead atoms. The fourth-order valence-electron chi connectivity index (χ4n) is 2.46. The molecule has 0 radical (unpaired) electrons. The lowest BCUT2D eigenvalue weighted by molar-refractivity contribution is -0.175. The highest BCUT2D eigenvalue weighted by atomic mass is 19.3. The predicted molar refractivity (Wildman–Crippen MR) is 40.1 cm³/mol. The summed E-state index contributed by atoms with van der Waals surface area (Å²) in [5.74, 6) is -2.18. The fourth-order valence-corrected chi connectivity index (χ4v) is 2.46. The Morgan fingerprint density at radius 2 is 1.58 bits per heavy atom. The molecule has 0 unspecified atom stereocenters. The highest BCUT2D eigenvalue weighted by molar-refractivity contribution is 5.79. The Balaban J connectivity index is 1.95. The van der Waals surface area contributed by atoms with Gasteiger partial charge < -0.3 is 0 Å². The molecule has 0 N–H and O–H groups in total. The van der Waals surface area contributed by atoms with Gasteiger partial charge in [0.15, 0.2) is 0 Å². The van der Waals surface area contributed by atoms with Crippen LogP contribution in [0.5, 0.6) is 0 Å². The van der Waals surface area contributed by atoms with E-state index in [9.17, 15) is 13.6 Å². The van der Waals surface area contributed by atoms with E-state index in [1.54, 1.807) is 0 Å². The van der Waals surface area contributed by atoms with Gasteiger partial charge in [0.25, 0.3) is 0 Å². The van der Waals surface area contributed by atoms with Crippen molar-refractivity contribution in [1.82, 2.24) is 0 Å². The molecule has 2 saturated carbocycles. The van der Waals surface area contributed by atoms with Gasteiger partial charge in [0.05, 0.1) is 0 Å². The monoisotopic (exact) mass is 174 g/mol. The molecule has 0 saturated heterocycles. The average molecular weight is 174 g/mol. The lowest BCUT2D eigenvalue weighted by Gasteiger charge is -2.49. The van der Waals surface area contributed by atoms with E-state index >= 15 is 0 Å². The van der Waals surface area contributed by atoms with E-state index in [0.717, 1.165) is 0 Å². The first-order valence-corrected chi connectivity index (χ1v) is 4.41. The van der Waals surface area contributed by atoms with Crippen LogP contribution in [-0.4, -0.2) is 11.7 Å². The molecule has 1 nitrogen and oxygen atoms in total. The molecule has 2 rings (SSSR count). The van der Waals surface area contributed by atoms with Crippen LogP contribution in [0, 0.1) is 5.41 Å². The van der Waals surface area contributed by atoms with Crippen molar-refractivity contribution < 1.29 is 13.6 Å². The lowest BCUT2D eigenvalue weighted by atomic mass is 9.59. The zero-order chi connectivity index (χ0) is 8.82. The maximum absolute atomic E-state index is 12.6. The normalized spacial score (nSPS) is 31.7. The molecule has 0 heterocycles. The van der Waals surface area contributed by atoms with Crippen LogP contribution in [0.25, 0.3) is 0 Å². The van der Waals surface area contributed by atoms with Crippen LogP contribution in [0.2, 0.25) is 0 Å². The maximum Gasteiger partial charge on any atom is 0.249 e. The Kier molecular flexibility index (Phi) is 1.54. The average Bonchev–Trinajstić information content (AvgIpc) is 1.91. The zero-order valence-corrected chi connectivity index (χ0v) is 6.91. The number of alkyl halides is 2. The van der Waals surface area contributed by atoms with Crippen LogP contribution in [0.1, 0.15) is 38.5 Å². The number of carbonyl (C=O) groups excluding carboxylic acids is 1. The van der Waals surface area contributed by atoms with Crippen molar-refractivity contribution in [3.8, 4) is 0 Å². The molecule has 0 amide bonds. The Bertz CT molecular complexity index is 203. The second-order valence-corrected chi connectivity index (χ2v) is 4.25. The molecule has 3 heteroatoms. The van der Waals surface area contributed by atoms with Crippen molar-refractivity contribution in [2.24, 2.45) is 5.41 Å². The van der Waals surface area contributed by atoms with E-state index in [0.29, 0.717) is 25.7 Å². The van der Waals surface area contributed by atoms with E-state index in [1.807, 2.05) is 0 Å². The Morgan fingerprint density at radius 1 is 1.08 bits per heavy atom. The highest BCUT2D eigenvalue weighted by Gasteiger charge is 2.56. The number of rotatable bonds is 0. The summed E-state index contributed by atoms with van der Waals surface area (Å²) < 4.78 is 25.2. The van der Waals surface area contributed by atoms with Crippen molar-refractivity contribution in [1.29, 1.82) is 0 Å². The highest BCUT2D eigenvalue weighted by Crippen LogP contribution is 2.58. The molecule has 2 aliphatic carbocycles. The second-order valence-electron chi connectivity index (χ2n) is 4.25. The summed E-state index contributed by atoms with van der Waals surface area (Å²) >= 11 is 0. The summed E-state index contributed by atoms with van der Waals surface area (Å²) in [6.45, 7) is 0. The summed E-state index contributed by atoms with van der Waals surface area (Å²) in [7, 11) is 0. The van der Waals surface area contributed by atoms with Crippen LogP contribution < -0.4 is 0 Å². The minimum Gasteiger partial charge on any atom is -0.300 e. The van der Waals surface area contributed by atoms with Crippen molar-refractivity contribution in [3.63, 3.8) is 0 Å². The van der Waals surface area contributed by atoms with E-state index in [1.165, 1.54) is 0 Å². The van der Waals surface area contributed by atoms with Gasteiger partial charge in [-0.3, -0.25) is 4.79 Å². The molecule has 0 aromatic rings. The van der Waals surface area contributed by atoms with E-state index in [-0.39, 0.29) is 24.0 Å². The third kappa shape index (κ3) is 1.25. The third-order valence-electron chi connectivity index (χ3n) is 3.14. The lowest BCUT2D eigenvalue weighted by Crippen LogP contribution is -2.47. The van der Waals surface area contributed by atoms with Gasteiger partial charge in [0.1, 0.15) is 5.78 Å². The van der Waals surface area contributed by atoms with Crippen LogP contribution in [0.3, 0.4) is 0 Å². The molecule has 0 aromatic carbocycles. The maximum atomic E-state index is 12.6. The number of hydrogen-bond acceptors (Lipinski definition) is 1. The molecule has 2 aliphatic rings. The predicted octanol–water partition coefficient (Wildman–Crippen LogP) is 2.55. The van der Waals surface area contributed by atoms with Gasteiger partial charge in [-0.05, 0) is 18.3 Å². The Morgan fingerprint density at radius 3 is 2.00 bits per heavy atom. The third-order valence-corrected chi connectivity index (χ3v) is 3.14. The molecule has 0 aliphatic heterocycles. The van der Waals surface area contributed by atoms with Gasteiger partial charge in [-0.25, -0.2) is 8.78 Å². The van der Waals surface area contributed by atoms with Crippen molar-refractivity contribution in [3.05, 3.63) is 0 Å². The molecule has 12 heavy (non-hydrogen) atoms. The van der Waals surface area contributed by atoms with E-state index in [4.69, 9.17) is 0 Å². The first-order chi connectivity index (χ1) is 5.52. The number of carbonyl (C=O) groups is 1. The Hall–Kier alpha value is -0.470. The van der Waals surface area contributed by atoms with Gasteiger partial charge in [-0.1, -0.05) is 0 Å². The van der Waals surface area contributed by atoms with Crippen LogP contribution >= 0.6 is 0 Å². The zero-order valence-electron chi connectivity index (χ0n) is 6.91. The van der Waals surface area contributed by atoms with Gasteiger partial charge in [-0.15, -0.1) is 0 Å². The fraction of sp³-hybridized carbons (Fsp3) is 0.889. The van der Waals surface area contributed by atoms with Crippen LogP contribution in [0.4, 0.5) is 8.78 Å². The molecule has 0 aromatic heterocycles. The Labute approximate surface area is 70.1 Å². The molecule has 68 valence electrons. The molecule has 0 atom stereocenters. The summed E-state index contributed by atoms with van der Waals surface area (Å²) in [6.07, 6.45) is 2.48. The van der Waals surface area contributed by atoms with E-state index < -0.39 is 5.92 Å². The second kappa shape index (κ2) is 2.27. The summed E-state index contributed by atoms with van der Waals surface area (Å²) in [5.41, 5.74) is -0.155. The van der Waals surface area contributed by atoms with Crippen molar-refractivity contribution in [2.75, 3.05) is 0 Å². The molecule has 1 spiro atoms. The number of Topliss-reactive ketones (excluding diaryl/α,β-unsaturated/α-hetero) is 1. The summed E-state index contributed by atoms with van der Waals surface area (Å²) in [5, 5.41) is 0. The topological polar surface area (TPSA) is 17.1 Å². The van der Waals surface area contributed by atoms with Gasteiger partial charge in [0, 0.05) is 25.7 Å². The molecule has 2 fully saturated rings. The number of ketones is 1. The largest absolute Gasteiger partial charge is 0.300 e. The summed E-state index contributed by atoms with van der Waals surface area (Å²) in [4.78, 5) is 10.9. The van der Waals surface area contributed by atoms with Gasteiger partial charge >= 0.3 is 0 Å². The van der Waals surface area contributed by atoms with E-state index in [2.05, 4.69) is 0 Å². The standard InChI is InChI=1S/C9H12F2O/c10-9(11)5-8(6-9)3-1-7(12)2-4-8/h1-6H2. The van der Waals surface area contributed by atoms with Crippen molar-refractivity contribution >= 4 is 5.78 Å². The summed E-state index contributed by atoms with van der Waals surface area (Å²) in [6, 6.07) is 0. The minimum absolute atomic E-state index is 0.0211. The number of halogens is 2. The molecular weight excluding hydrogens is 162 g/mol. The SMILES string of the molecule is O=C1CCC2(CC1)CC(F)(F)C2. The van der Waals surface area contributed by atoms with Crippen LogP contribution in [0.15, 0.2) is 0 Å². The van der Waals surface area contributed by atoms with Gasteiger partial charge in [0.2, 0.25) is 5.92 Å². The smallest absolute Gasteiger partial charge is 0.249 e. The number of hydrogen-bond donors (Lipinski definition) is 0.